The molecule has 2 aromatic rings. The number of para-hydroxylation sites is 1. The summed E-state index contributed by atoms with van der Waals surface area (Å²) in [7, 11) is -3.78. The first kappa shape index (κ1) is 20.9. The Bertz CT molecular complexity index is 1000. The molecule has 0 unspecified atom stereocenters. The van der Waals surface area contributed by atoms with Gasteiger partial charge in [-0.05, 0) is 67.9 Å². The first-order chi connectivity index (χ1) is 14.5. The topological polar surface area (TPSA) is 66.5 Å². The Hall–Kier alpha value is -2.34. The molecule has 6 heteroatoms. The first-order valence-electron chi connectivity index (χ1n) is 11.0. The lowest BCUT2D eigenvalue weighted by Gasteiger charge is -2.22. The van der Waals surface area contributed by atoms with E-state index in [0.29, 0.717) is 17.2 Å². The van der Waals surface area contributed by atoms with Gasteiger partial charge in [-0.25, -0.2) is 8.42 Å². The fourth-order valence-electron chi connectivity index (χ4n) is 4.62. The van der Waals surface area contributed by atoms with E-state index in [1.165, 1.54) is 37.7 Å². The largest absolute Gasteiger partial charge is 0.339 e. The van der Waals surface area contributed by atoms with E-state index in [-0.39, 0.29) is 10.8 Å². The molecule has 0 bridgehead atoms. The van der Waals surface area contributed by atoms with Crippen LogP contribution in [0.4, 0.5) is 5.69 Å². The molecule has 1 heterocycles. The zero-order chi connectivity index (χ0) is 21.1. The quantitative estimate of drug-likeness (QED) is 0.725. The molecule has 1 amide bonds. The highest BCUT2D eigenvalue weighted by Gasteiger charge is 2.25. The molecule has 0 atom stereocenters. The van der Waals surface area contributed by atoms with Crippen molar-refractivity contribution in [2.24, 2.45) is 0 Å². The van der Waals surface area contributed by atoms with E-state index in [2.05, 4.69) is 4.72 Å². The summed E-state index contributed by atoms with van der Waals surface area (Å²) in [6.45, 7) is 3.27. The van der Waals surface area contributed by atoms with Gasteiger partial charge in [-0.2, -0.15) is 0 Å². The van der Waals surface area contributed by atoms with Crippen LogP contribution in [0.2, 0.25) is 0 Å². The van der Waals surface area contributed by atoms with Crippen molar-refractivity contribution in [1.29, 1.82) is 0 Å². The van der Waals surface area contributed by atoms with Gasteiger partial charge in [0.15, 0.2) is 0 Å². The maximum Gasteiger partial charge on any atom is 0.261 e. The van der Waals surface area contributed by atoms with Gasteiger partial charge in [0.1, 0.15) is 0 Å². The maximum absolute atomic E-state index is 13.1. The zero-order valence-electron chi connectivity index (χ0n) is 17.6. The minimum atomic E-state index is -3.78. The lowest BCUT2D eigenvalue weighted by atomic mass is 9.84. The molecule has 1 saturated carbocycles. The van der Waals surface area contributed by atoms with Gasteiger partial charge in [0.2, 0.25) is 0 Å². The second kappa shape index (κ2) is 8.80. The van der Waals surface area contributed by atoms with E-state index in [0.717, 1.165) is 31.5 Å². The number of hydrogen-bond acceptors (Lipinski definition) is 3. The molecule has 1 N–H and O–H groups in total. The van der Waals surface area contributed by atoms with Crippen molar-refractivity contribution in [1.82, 2.24) is 4.90 Å². The lowest BCUT2D eigenvalue weighted by molar-refractivity contribution is 0.0794. The number of hydrogen-bond donors (Lipinski definition) is 1. The van der Waals surface area contributed by atoms with Crippen LogP contribution in [-0.2, 0) is 10.0 Å². The first-order valence-corrected chi connectivity index (χ1v) is 12.5. The average Bonchev–Trinajstić information content (AvgIpc) is 3.30. The molecule has 2 aliphatic rings. The molecule has 1 saturated heterocycles. The van der Waals surface area contributed by atoms with Gasteiger partial charge in [0.25, 0.3) is 15.9 Å². The van der Waals surface area contributed by atoms with Crippen molar-refractivity contribution in [2.45, 2.75) is 62.7 Å². The smallest absolute Gasteiger partial charge is 0.261 e. The molecule has 1 aliphatic heterocycles. The number of sulfonamides is 1. The SMILES string of the molecule is Cc1cccc(C(=O)N2CCCC2)c1NS(=O)(=O)c1ccc(C2CCCCC2)cc1. The molecule has 2 aromatic carbocycles. The second-order valence-corrected chi connectivity index (χ2v) is 10.2. The van der Waals surface area contributed by atoms with E-state index in [1.807, 2.05) is 25.1 Å². The van der Waals surface area contributed by atoms with Crippen LogP contribution in [0.5, 0.6) is 0 Å². The van der Waals surface area contributed by atoms with Gasteiger partial charge in [-0.3, -0.25) is 9.52 Å². The Balaban J connectivity index is 1.58. The fourth-order valence-corrected chi connectivity index (χ4v) is 5.77. The van der Waals surface area contributed by atoms with E-state index < -0.39 is 10.0 Å². The Labute approximate surface area is 179 Å². The van der Waals surface area contributed by atoms with Crippen LogP contribution >= 0.6 is 0 Å². The van der Waals surface area contributed by atoms with Crippen LogP contribution in [0.15, 0.2) is 47.4 Å². The van der Waals surface area contributed by atoms with Crippen molar-refractivity contribution in [2.75, 3.05) is 17.8 Å². The number of benzene rings is 2. The molecule has 0 radical (unpaired) electrons. The van der Waals surface area contributed by atoms with Crippen LogP contribution in [-0.4, -0.2) is 32.3 Å². The summed E-state index contributed by atoms with van der Waals surface area (Å²) >= 11 is 0. The highest BCUT2D eigenvalue weighted by Crippen LogP contribution is 2.33. The highest BCUT2D eigenvalue weighted by atomic mass is 32.2. The number of likely N-dealkylation sites (tertiary alicyclic amines) is 1. The number of aryl methyl sites for hydroxylation is 1. The van der Waals surface area contributed by atoms with Crippen molar-refractivity contribution >= 4 is 21.6 Å². The number of nitrogens with zero attached hydrogens (tertiary/aromatic N) is 1. The normalized spacial score (nSPS) is 17.8. The van der Waals surface area contributed by atoms with Gasteiger partial charge in [-0.15, -0.1) is 0 Å². The summed E-state index contributed by atoms with van der Waals surface area (Å²) < 4.78 is 28.9. The molecule has 0 aromatic heterocycles. The molecule has 4 rings (SSSR count). The van der Waals surface area contributed by atoms with Gasteiger partial charge >= 0.3 is 0 Å². The Kier molecular flexibility index (Phi) is 6.14. The molecule has 2 fully saturated rings. The second-order valence-electron chi connectivity index (χ2n) is 8.51. The number of amides is 1. The van der Waals surface area contributed by atoms with Crippen molar-refractivity contribution in [3.63, 3.8) is 0 Å². The maximum atomic E-state index is 13.1. The van der Waals surface area contributed by atoms with Crippen LogP contribution < -0.4 is 4.72 Å². The Morgan fingerprint density at radius 1 is 0.933 bits per heavy atom. The van der Waals surface area contributed by atoms with Crippen LogP contribution in [0.1, 0.15) is 72.3 Å². The molecular formula is C24H30N2O3S. The van der Waals surface area contributed by atoms with Crippen molar-refractivity contribution in [3.05, 3.63) is 59.2 Å². The fraction of sp³-hybridized carbons (Fsp3) is 0.458. The summed E-state index contributed by atoms with van der Waals surface area (Å²) in [5, 5.41) is 0. The van der Waals surface area contributed by atoms with E-state index in [4.69, 9.17) is 0 Å². The summed E-state index contributed by atoms with van der Waals surface area (Å²) in [5.41, 5.74) is 2.75. The van der Waals surface area contributed by atoms with Crippen LogP contribution in [0.25, 0.3) is 0 Å². The number of rotatable bonds is 5. The van der Waals surface area contributed by atoms with Gasteiger partial charge in [-0.1, -0.05) is 43.5 Å². The molecule has 0 spiro atoms. The highest BCUT2D eigenvalue weighted by molar-refractivity contribution is 7.92. The minimum Gasteiger partial charge on any atom is -0.339 e. The number of carbonyl (C=O) groups is 1. The van der Waals surface area contributed by atoms with Gasteiger partial charge < -0.3 is 4.90 Å². The molecule has 160 valence electrons. The lowest BCUT2D eigenvalue weighted by Crippen LogP contribution is -2.29. The number of carbonyl (C=O) groups excluding carboxylic acids is 1. The third-order valence-corrected chi connectivity index (χ3v) is 7.77. The summed E-state index contributed by atoms with van der Waals surface area (Å²) in [6.07, 6.45) is 8.12. The van der Waals surface area contributed by atoms with Crippen molar-refractivity contribution in [3.8, 4) is 0 Å². The van der Waals surface area contributed by atoms with E-state index in [9.17, 15) is 13.2 Å². The standard InChI is InChI=1S/C24H30N2O3S/c1-18-8-7-11-22(24(27)26-16-5-6-17-26)23(18)25-30(28,29)21-14-12-20(13-15-21)19-9-3-2-4-10-19/h7-8,11-15,19,25H,2-6,9-10,16-17H2,1H3. The monoisotopic (exact) mass is 426 g/mol. The molecule has 30 heavy (non-hydrogen) atoms. The summed E-state index contributed by atoms with van der Waals surface area (Å²) in [4.78, 5) is 15.0. The third-order valence-electron chi connectivity index (χ3n) is 6.40. The minimum absolute atomic E-state index is 0.110. The predicted molar refractivity (Wildman–Crippen MR) is 119 cm³/mol. The number of anilines is 1. The Morgan fingerprint density at radius 2 is 1.60 bits per heavy atom. The zero-order valence-corrected chi connectivity index (χ0v) is 18.4. The Morgan fingerprint density at radius 3 is 2.27 bits per heavy atom. The van der Waals surface area contributed by atoms with Crippen molar-refractivity contribution < 1.29 is 13.2 Å². The van der Waals surface area contributed by atoms with Gasteiger partial charge in [0, 0.05) is 13.1 Å². The summed E-state index contributed by atoms with van der Waals surface area (Å²) in [5.74, 6) is 0.422. The molecule has 5 nitrogen and oxygen atoms in total. The molecular weight excluding hydrogens is 396 g/mol. The number of nitrogens with one attached hydrogen (secondary N) is 1. The molecule has 1 aliphatic carbocycles. The summed E-state index contributed by atoms with van der Waals surface area (Å²) in [6, 6.07) is 12.6. The third kappa shape index (κ3) is 4.38. The average molecular weight is 427 g/mol. The van der Waals surface area contributed by atoms with Crippen LogP contribution in [0, 0.1) is 6.92 Å². The van der Waals surface area contributed by atoms with Gasteiger partial charge in [0.05, 0.1) is 16.1 Å². The van der Waals surface area contributed by atoms with E-state index in [1.54, 1.807) is 29.2 Å². The van der Waals surface area contributed by atoms with Crippen LogP contribution in [0.3, 0.4) is 0 Å². The van der Waals surface area contributed by atoms with E-state index >= 15 is 0 Å². The predicted octanol–water partition coefficient (Wildman–Crippen LogP) is 5.08.